The summed E-state index contributed by atoms with van der Waals surface area (Å²) in [6.45, 7) is 14.3. The topological polar surface area (TPSA) is 28.9 Å². The van der Waals surface area contributed by atoms with Crippen LogP contribution in [0.1, 0.15) is 45.2 Å². The second kappa shape index (κ2) is 8.92. The van der Waals surface area contributed by atoms with Crippen LogP contribution in [0.25, 0.3) is 60.6 Å². The third kappa shape index (κ3) is 3.46. The predicted molar refractivity (Wildman–Crippen MR) is 143 cm³/mol. The summed E-state index contributed by atoms with van der Waals surface area (Å²) in [5.74, 6) is 0. The van der Waals surface area contributed by atoms with E-state index in [1.54, 1.807) is 0 Å². The molecule has 6 rings (SSSR count). The molecule has 4 aromatic carbocycles. The van der Waals surface area contributed by atoms with Crippen LogP contribution in [0.2, 0.25) is 0 Å². The lowest BCUT2D eigenvalue weighted by Crippen LogP contribution is -1.79. The maximum atomic E-state index is 6.31. The maximum absolute atomic E-state index is 6.31. The summed E-state index contributed by atoms with van der Waals surface area (Å²) in [5, 5.41) is 7.22. The summed E-state index contributed by atoms with van der Waals surface area (Å²) in [6.07, 6.45) is 3.13. The Morgan fingerprint density at radius 2 is 1.50 bits per heavy atom. The minimum atomic E-state index is 0.904. The van der Waals surface area contributed by atoms with Crippen LogP contribution in [0, 0.1) is 6.92 Å². The molecule has 0 atom stereocenters. The van der Waals surface area contributed by atoms with Gasteiger partial charge in [-0.05, 0) is 59.2 Å². The number of H-pyrrole nitrogens is 1. The van der Waals surface area contributed by atoms with Crippen LogP contribution >= 0.6 is 0 Å². The molecule has 0 unspecified atom stereocenters. The Morgan fingerprint density at radius 1 is 0.844 bits per heavy atom. The summed E-state index contributed by atoms with van der Waals surface area (Å²) >= 11 is 0. The Labute approximate surface area is 189 Å². The number of hydrogen-bond donors (Lipinski definition) is 1. The van der Waals surface area contributed by atoms with E-state index in [0.717, 1.165) is 38.5 Å². The fourth-order valence-corrected chi connectivity index (χ4v) is 4.28. The fourth-order valence-electron chi connectivity index (χ4n) is 4.28. The van der Waals surface area contributed by atoms with Crippen molar-refractivity contribution >= 4 is 60.6 Å². The van der Waals surface area contributed by atoms with Gasteiger partial charge in [-0.15, -0.1) is 0 Å². The molecule has 0 fully saturated rings. The molecule has 2 nitrogen and oxygen atoms in total. The number of rotatable bonds is 1. The van der Waals surface area contributed by atoms with Crippen LogP contribution in [0.3, 0.4) is 0 Å². The standard InChI is InChI=1S/C25H17NO.C3H8.C2H6/c1-3-15-13-23-21(10-14(15)2)19-9-8-18-20-11-16-6-4-5-7-17(16)12-22(20)26-24(18)25(19)27-23;1-3-2;1-2/h3-13,26H,1H2,2H3;3H2,1-2H3;1-2H3. The number of fused-ring (bicyclic) bond motifs is 8. The lowest BCUT2D eigenvalue weighted by molar-refractivity contribution is 0.671. The first kappa shape index (κ1) is 21.7. The first-order chi connectivity index (χ1) is 15.6. The van der Waals surface area contributed by atoms with E-state index in [2.05, 4.69) is 93.0 Å². The molecule has 0 bridgehead atoms. The number of furan rings is 1. The van der Waals surface area contributed by atoms with Gasteiger partial charge in [-0.1, -0.05) is 77.1 Å². The van der Waals surface area contributed by atoms with Crippen molar-refractivity contribution in [2.45, 2.75) is 41.0 Å². The average Bonchev–Trinajstić information content (AvgIpc) is 3.36. The van der Waals surface area contributed by atoms with Crippen LogP contribution in [-0.4, -0.2) is 4.98 Å². The van der Waals surface area contributed by atoms with Gasteiger partial charge in [0.05, 0.1) is 5.52 Å². The molecule has 0 saturated carbocycles. The van der Waals surface area contributed by atoms with Gasteiger partial charge in [0.25, 0.3) is 0 Å². The SMILES string of the molecule is C=Cc1cc2oc3c(ccc4c5cc6ccccc6cc5[nH]c43)c2cc1C.CC.CCC. The highest BCUT2D eigenvalue weighted by molar-refractivity contribution is 6.21. The molecular weight excluding hydrogens is 390 g/mol. The fraction of sp³-hybridized carbons (Fsp3) is 0.200. The lowest BCUT2D eigenvalue weighted by atomic mass is 10.0. The molecule has 32 heavy (non-hydrogen) atoms. The molecule has 2 aromatic heterocycles. The lowest BCUT2D eigenvalue weighted by Gasteiger charge is -1.99. The zero-order valence-corrected chi connectivity index (χ0v) is 19.7. The zero-order chi connectivity index (χ0) is 22.8. The highest BCUT2D eigenvalue weighted by atomic mass is 16.3. The zero-order valence-electron chi connectivity index (χ0n) is 19.7. The van der Waals surface area contributed by atoms with Crippen molar-refractivity contribution in [3.63, 3.8) is 0 Å². The van der Waals surface area contributed by atoms with Gasteiger partial charge in [0.15, 0.2) is 5.58 Å². The van der Waals surface area contributed by atoms with Crippen LogP contribution in [0.5, 0.6) is 0 Å². The van der Waals surface area contributed by atoms with Crippen molar-refractivity contribution in [1.82, 2.24) is 4.98 Å². The third-order valence-electron chi connectivity index (χ3n) is 5.68. The van der Waals surface area contributed by atoms with Crippen molar-refractivity contribution in [2.24, 2.45) is 0 Å². The van der Waals surface area contributed by atoms with Crippen molar-refractivity contribution in [2.75, 3.05) is 0 Å². The van der Waals surface area contributed by atoms with Gasteiger partial charge < -0.3 is 9.40 Å². The van der Waals surface area contributed by atoms with E-state index in [1.165, 1.54) is 33.5 Å². The summed E-state index contributed by atoms with van der Waals surface area (Å²) < 4.78 is 6.31. The van der Waals surface area contributed by atoms with E-state index in [0.29, 0.717) is 0 Å². The average molecular weight is 422 g/mol. The van der Waals surface area contributed by atoms with Crippen molar-refractivity contribution in [3.8, 4) is 0 Å². The highest BCUT2D eigenvalue weighted by Crippen LogP contribution is 2.38. The Kier molecular flexibility index (Phi) is 6.05. The van der Waals surface area contributed by atoms with E-state index in [1.807, 2.05) is 19.9 Å². The van der Waals surface area contributed by atoms with Crippen LogP contribution in [0.4, 0.5) is 0 Å². The number of hydrogen-bond acceptors (Lipinski definition) is 1. The largest absolute Gasteiger partial charge is 0.454 e. The van der Waals surface area contributed by atoms with Crippen LogP contribution in [0.15, 0.2) is 71.7 Å². The molecule has 0 aliphatic heterocycles. The smallest absolute Gasteiger partial charge is 0.159 e. The van der Waals surface area contributed by atoms with Crippen molar-refractivity contribution in [3.05, 3.63) is 78.4 Å². The second-order valence-corrected chi connectivity index (χ2v) is 7.95. The van der Waals surface area contributed by atoms with Gasteiger partial charge in [0.2, 0.25) is 0 Å². The minimum absolute atomic E-state index is 0.904. The van der Waals surface area contributed by atoms with Gasteiger partial charge in [0, 0.05) is 27.1 Å². The van der Waals surface area contributed by atoms with Gasteiger partial charge in [-0.2, -0.15) is 0 Å². The van der Waals surface area contributed by atoms with Gasteiger partial charge in [-0.3, -0.25) is 0 Å². The van der Waals surface area contributed by atoms with E-state index >= 15 is 0 Å². The monoisotopic (exact) mass is 421 g/mol. The third-order valence-corrected chi connectivity index (χ3v) is 5.68. The van der Waals surface area contributed by atoms with Crippen molar-refractivity contribution in [1.29, 1.82) is 0 Å². The summed E-state index contributed by atoms with van der Waals surface area (Å²) in [7, 11) is 0. The molecule has 2 heteroatoms. The van der Waals surface area contributed by atoms with Crippen LogP contribution < -0.4 is 0 Å². The molecule has 0 aliphatic rings. The summed E-state index contributed by atoms with van der Waals surface area (Å²) in [5.41, 5.74) is 6.35. The molecule has 6 aromatic rings. The Bertz CT molecular complexity index is 1560. The Morgan fingerprint density at radius 3 is 2.19 bits per heavy atom. The molecule has 0 spiro atoms. The quantitative estimate of drug-likeness (QED) is 0.281. The molecule has 0 radical (unpaired) electrons. The van der Waals surface area contributed by atoms with Crippen LogP contribution in [-0.2, 0) is 0 Å². The molecule has 0 amide bonds. The Hall–Kier alpha value is -3.52. The van der Waals surface area contributed by atoms with Gasteiger partial charge in [0.1, 0.15) is 5.58 Å². The van der Waals surface area contributed by atoms with Crippen molar-refractivity contribution < 1.29 is 4.42 Å². The number of aryl methyl sites for hydroxylation is 1. The summed E-state index contributed by atoms with van der Waals surface area (Å²) in [6, 6.07) is 21.6. The highest BCUT2D eigenvalue weighted by Gasteiger charge is 2.15. The normalized spacial score (nSPS) is 10.9. The minimum Gasteiger partial charge on any atom is -0.454 e. The van der Waals surface area contributed by atoms with E-state index < -0.39 is 0 Å². The Balaban J connectivity index is 0.000000455. The molecule has 2 heterocycles. The maximum Gasteiger partial charge on any atom is 0.159 e. The second-order valence-electron chi connectivity index (χ2n) is 7.95. The van der Waals surface area contributed by atoms with E-state index in [4.69, 9.17) is 4.42 Å². The number of benzene rings is 4. The van der Waals surface area contributed by atoms with E-state index in [-0.39, 0.29) is 0 Å². The summed E-state index contributed by atoms with van der Waals surface area (Å²) in [4.78, 5) is 3.60. The predicted octanol–water partition coefficient (Wildman–Crippen LogP) is 9.77. The molecular formula is C30H31NO. The first-order valence-electron chi connectivity index (χ1n) is 11.6. The number of nitrogens with one attached hydrogen (secondary N) is 1. The number of aromatic amines is 1. The van der Waals surface area contributed by atoms with Gasteiger partial charge >= 0.3 is 0 Å². The number of aromatic nitrogens is 1. The molecule has 1 N–H and O–H groups in total. The molecule has 162 valence electrons. The van der Waals surface area contributed by atoms with Gasteiger partial charge in [-0.25, -0.2) is 0 Å². The first-order valence-corrected chi connectivity index (χ1v) is 11.6. The molecule has 0 aliphatic carbocycles. The molecule has 0 saturated heterocycles. The van der Waals surface area contributed by atoms with E-state index in [9.17, 15) is 0 Å².